The molecule has 0 unspecified atom stereocenters. The van der Waals surface area contributed by atoms with Crippen molar-refractivity contribution >= 4 is 39.4 Å². The minimum absolute atomic E-state index is 0.0469. The maximum absolute atomic E-state index is 13.7. The van der Waals surface area contributed by atoms with E-state index in [2.05, 4.69) is 15.1 Å². The number of amides is 2. The van der Waals surface area contributed by atoms with Crippen LogP contribution in [0.1, 0.15) is 28.0 Å². The Bertz CT molecular complexity index is 1530. The Morgan fingerprint density at radius 2 is 1.89 bits per heavy atom. The van der Waals surface area contributed by atoms with E-state index in [4.69, 9.17) is 5.73 Å². The number of alkyl halides is 4. The number of aryl methyl sites for hydroxylation is 1. The molecule has 3 heterocycles. The summed E-state index contributed by atoms with van der Waals surface area (Å²) in [5, 5.41) is 7.42. The fourth-order valence-corrected chi connectivity index (χ4v) is 4.17. The zero-order chi connectivity index (χ0) is 26.6. The maximum Gasteiger partial charge on any atom is 0.417 e. The van der Waals surface area contributed by atoms with E-state index in [-0.39, 0.29) is 30.0 Å². The minimum atomic E-state index is -4.57. The first-order chi connectivity index (χ1) is 17.5. The average molecular weight is 515 g/mol. The molecule has 0 spiro atoms. The molecule has 1 fully saturated rings. The summed E-state index contributed by atoms with van der Waals surface area (Å²) in [5.41, 5.74) is 6.53. The third-order valence-corrected chi connectivity index (χ3v) is 6.36. The Balaban J connectivity index is 1.53. The number of rotatable bonds is 4. The second-order valence-electron chi connectivity index (χ2n) is 8.88. The standard InChI is InChI=1S/C24H21F4N7O2/c1-33-20-16-7-12(3-6-19(16)32-21(29)17(20)10-31-33)22(36)35(34(2)23(37)15-8-18(15)25)11-14-5-4-13(9-30-14)24(26,27)28/h3-7,9-10,15,18H,8,11H2,1-2H3,(H2,29,32)/t15-,18-/m0/s1. The molecule has 2 amide bonds. The van der Waals surface area contributed by atoms with Crippen molar-refractivity contribution in [1.82, 2.24) is 29.8 Å². The van der Waals surface area contributed by atoms with Crippen LogP contribution < -0.4 is 5.73 Å². The smallest absolute Gasteiger partial charge is 0.383 e. The number of carbonyl (C=O) groups excluding carboxylic acids is 2. The van der Waals surface area contributed by atoms with Gasteiger partial charge in [0, 0.05) is 31.2 Å². The van der Waals surface area contributed by atoms with Gasteiger partial charge in [-0.1, -0.05) is 0 Å². The molecule has 1 aromatic carbocycles. The molecule has 0 saturated heterocycles. The molecule has 0 bridgehead atoms. The third kappa shape index (κ3) is 4.41. The number of aromatic nitrogens is 4. The van der Waals surface area contributed by atoms with Crippen LogP contribution in [0.2, 0.25) is 0 Å². The predicted molar refractivity (Wildman–Crippen MR) is 125 cm³/mol. The van der Waals surface area contributed by atoms with Crippen molar-refractivity contribution in [2.75, 3.05) is 12.8 Å². The van der Waals surface area contributed by atoms with Gasteiger partial charge < -0.3 is 5.73 Å². The first-order valence-corrected chi connectivity index (χ1v) is 11.2. The summed E-state index contributed by atoms with van der Waals surface area (Å²) in [4.78, 5) is 34.6. The fourth-order valence-electron chi connectivity index (χ4n) is 4.17. The lowest BCUT2D eigenvalue weighted by atomic mass is 10.1. The van der Waals surface area contributed by atoms with E-state index in [9.17, 15) is 27.2 Å². The highest BCUT2D eigenvalue weighted by Gasteiger charge is 2.46. The summed E-state index contributed by atoms with van der Waals surface area (Å²) in [6.07, 6.45) is -3.61. The molecule has 0 aliphatic heterocycles. The summed E-state index contributed by atoms with van der Waals surface area (Å²) < 4.78 is 54.1. The number of hydrogen-bond donors (Lipinski definition) is 1. The molecule has 1 aliphatic rings. The van der Waals surface area contributed by atoms with Gasteiger partial charge in [-0.3, -0.25) is 24.3 Å². The summed E-state index contributed by atoms with van der Waals surface area (Å²) >= 11 is 0. The summed E-state index contributed by atoms with van der Waals surface area (Å²) in [5.74, 6) is -1.85. The Kier molecular flexibility index (Phi) is 5.72. The largest absolute Gasteiger partial charge is 0.417 e. The minimum Gasteiger partial charge on any atom is -0.383 e. The lowest BCUT2D eigenvalue weighted by Crippen LogP contribution is -2.48. The SMILES string of the molecule is CN(C(=O)[C@H]1C[C@@H]1F)N(Cc1ccc(C(F)(F)F)cn1)C(=O)c1ccc2nc(N)c3cnn(C)c3c2c1. The molecule has 1 saturated carbocycles. The van der Waals surface area contributed by atoms with Gasteiger partial charge in [0.2, 0.25) is 5.91 Å². The lowest BCUT2D eigenvalue weighted by molar-refractivity contribution is -0.144. The number of anilines is 1. The number of pyridine rings is 2. The zero-order valence-corrected chi connectivity index (χ0v) is 19.7. The monoisotopic (exact) mass is 515 g/mol. The van der Waals surface area contributed by atoms with Gasteiger partial charge in [-0.2, -0.15) is 18.3 Å². The lowest BCUT2D eigenvalue weighted by Gasteiger charge is -2.32. The molecule has 0 radical (unpaired) electrons. The molecular weight excluding hydrogens is 494 g/mol. The summed E-state index contributed by atoms with van der Waals surface area (Å²) in [6, 6.07) is 6.65. The number of hydrogen-bond acceptors (Lipinski definition) is 6. The fraction of sp³-hybridized carbons (Fsp3) is 0.292. The second kappa shape index (κ2) is 8.68. The van der Waals surface area contributed by atoms with Gasteiger partial charge in [0.25, 0.3) is 5.91 Å². The van der Waals surface area contributed by atoms with Gasteiger partial charge in [-0.25, -0.2) is 14.4 Å². The van der Waals surface area contributed by atoms with Crippen LogP contribution in [0.4, 0.5) is 23.4 Å². The van der Waals surface area contributed by atoms with Crippen LogP contribution in [-0.2, 0) is 24.6 Å². The van der Waals surface area contributed by atoms with Crippen LogP contribution in [0.5, 0.6) is 0 Å². The number of benzene rings is 1. The van der Waals surface area contributed by atoms with Crippen LogP contribution in [0.15, 0.2) is 42.7 Å². The molecule has 1 aliphatic carbocycles. The topological polar surface area (TPSA) is 110 Å². The predicted octanol–water partition coefficient (Wildman–Crippen LogP) is 3.49. The molecule has 2 N–H and O–H groups in total. The van der Waals surface area contributed by atoms with Crippen LogP contribution in [0.25, 0.3) is 21.8 Å². The van der Waals surface area contributed by atoms with Crippen LogP contribution in [-0.4, -0.2) is 54.8 Å². The highest BCUT2D eigenvalue weighted by molar-refractivity contribution is 6.10. The molecule has 5 rings (SSSR count). The van der Waals surface area contributed by atoms with Gasteiger partial charge in [0.1, 0.15) is 12.0 Å². The molecular formula is C24H21F4N7O2. The Morgan fingerprint density at radius 3 is 2.51 bits per heavy atom. The van der Waals surface area contributed by atoms with Crippen molar-refractivity contribution in [3.63, 3.8) is 0 Å². The molecule has 2 atom stereocenters. The number of nitrogen functional groups attached to an aromatic ring is 1. The van der Waals surface area contributed by atoms with Crippen molar-refractivity contribution in [3.8, 4) is 0 Å². The van der Waals surface area contributed by atoms with Crippen molar-refractivity contribution in [2.24, 2.45) is 13.0 Å². The van der Waals surface area contributed by atoms with Crippen LogP contribution in [0.3, 0.4) is 0 Å². The third-order valence-electron chi connectivity index (χ3n) is 6.36. The van der Waals surface area contributed by atoms with E-state index in [1.165, 1.54) is 13.1 Å². The Hall–Kier alpha value is -4.29. The average Bonchev–Trinajstić information content (AvgIpc) is 3.46. The normalized spacial score (nSPS) is 17.2. The van der Waals surface area contributed by atoms with E-state index in [1.807, 2.05) is 0 Å². The van der Waals surface area contributed by atoms with Crippen molar-refractivity contribution < 1.29 is 27.2 Å². The van der Waals surface area contributed by atoms with Crippen LogP contribution >= 0.6 is 0 Å². The van der Waals surface area contributed by atoms with Crippen LogP contribution in [0, 0.1) is 5.92 Å². The van der Waals surface area contributed by atoms with Crippen molar-refractivity contribution in [1.29, 1.82) is 0 Å². The number of halogens is 4. The highest BCUT2D eigenvalue weighted by Crippen LogP contribution is 2.36. The molecule has 3 aromatic heterocycles. The Morgan fingerprint density at radius 1 is 1.16 bits per heavy atom. The van der Waals surface area contributed by atoms with E-state index >= 15 is 0 Å². The molecule has 13 heteroatoms. The number of nitrogens with zero attached hydrogens (tertiary/aromatic N) is 6. The van der Waals surface area contributed by atoms with Gasteiger partial charge in [-0.15, -0.1) is 0 Å². The van der Waals surface area contributed by atoms with Gasteiger partial charge in [-0.05, 0) is 36.8 Å². The second-order valence-corrected chi connectivity index (χ2v) is 8.88. The summed E-state index contributed by atoms with van der Waals surface area (Å²) in [7, 11) is 3.03. The first kappa shape index (κ1) is 24.4. The first-order valence-electron chi connectivity index (χ1n) is 11.2. The molecule has 4 aromatic rings. The molecule has 9 nitrogen and oxygen atoms in total. The van der Waals surface area contributed by atoms with E-state index in [1.54, 1.807) is 30.1 Å². The number of nitrogens with two attached hydrogens (primary N) is 1. The molecule has 37 heavy (non-hydrogen) atoms. The van der Waals surface area contributed by atoms with E-state index in [0.29, 0.717) is 28.0 Å². The van der Waals surface area contributed by atoms with Gasteiger partial charge in [0.05, 0.1) is 46.3 Å². The number of fused-ring (bicyclic) bond motifs is 3. The number of carbonyl (C=O) groups is 2. The summed E-state index contributed by atoms with van der Waals surface area (Å²) in [6.45, 7) is -0.317. The van der Waals surface area contributed by atoms with Gasteiger partial charge >= 0.3 is 6.18 Å². The Labute approximate surface area is 207 Å². The van der Waals surface area contributed by atoms with E-state index < -0.39 is 35.6 Å². The molecule has 192 valence electrons. The maximum atomic E-state index is 13.7. The quantitative estimate of drug-likeness (QED) is 0.329. The highest BCUT2D eigenvalue weighted by atomic mass is 19.4. The zero-order valence-electron chi connectivity index (χ0n) is 19.7. The van der Waals surface area contributed by atoms with Crippen molar-refractivity contribution in [3.05, 3.63) is 59.5 Å². The van der Waals surface area contributed by atoms with Gasteiger partial charge in [0.15, 0.2) is 0 Å². The van der Waals surface area contributed by atoms with E-state index in [0.717, 1.165) is 22.2 Å². The van der Waals surface area contributed by atoms with Crippen molar-refractivity contribution in [2.45, 2.75) is 25.3 Å². The number of hydrazine groups is 1.